The van der Waals surface area contributed by atoms with Gasteiger partial charge < -0.3 is 15.3 Å². The first-order valence-corrected chi connectivity index (χ1v) is 9.88. The maximum absolute atomic E-state index is 12.4. The molecule has 0 aromatic heterocycles. The molecule has 2 N–H and O–H groups in total. The largest absolute Gasteiger partial charge is 0.481 e. The van der Waals surface area contributed by atoms with Crippen LogP contribution in [-0.4, -0.2) is 35.1 Å². The van der Waals surface area contributed by atoms with Crippen molar-refractivity contribution in [2.24, 2.45) is 5.92 Å². The summed E-state index contributed by atoms with van der Waals surface area (Å²) in [5.74, 6) is -1.11. The van der Waals surface area contributed by atoms with Crippen molar-refractivity contribution in [1.29, 1.82) is 0 Å². The van der Waals surface area contributed by atoms with E-state index in [1.807, 2.05) is 24.3 Å². The Labute approximate surface area is 163 Å². The molecule has 5 nitrogen and oxygen atoms in total. The Kier molecular flexibility index (Phi) is 6.06. The molecule has 0 spiro atoms. The van der Waals surface area contributed by atoms with Gasteiger partial charge in [0, 0.05) is 28.6 Å². The van der Waals surface area contributed by atoms with Crippen molar-refractivity contribution < 1.29 is 14.7 Å². The number of rotatable bonds is 4. The summed E-state index contributed by atoms with van der Waals surface area (Å²) in [7, 11) is 0. The maximum atomic E-state index is 12.4. The number of aliphatic carboxylic acids is 1. The summed E-state index contributed by atoms with van der Waals surface area (Å²) in [6, 6.07) is 14.0. The van der Waals surface area contributed by atoms with Crippen LogP contribution < -0.4 is 5.32 Å². The molecule has 1 heterocycles. The van der Waals surface area contributed by atoms with Crippen molar-refractivity contribution in [3.05, 3.63) is 53.6 Å². The van der Waals surface area contributed by atoms with Crippen LogP contribution in [0.5, 0.6) is 0 Å². The van der Waals surface area contributed by atoms with Crippen molar-refractivity contribution in [2.75, 3.05) is 18.4 Å². The van der Waals surface area contributed by atoms with E-state index in [2.05, 4.69) is 37.4 Å². The van der Waals surface area contributed by atoms with Crippen LogP contribution in [-0.2, 0) is 4.79 Å². The SMILES string of the molecule is Cc1ccc(Sc2ccc(NC(=O)N3CCC(C(=O)O)CC3)cc2)c(C)c1. The van der Waals surface area contributed by atoms with Gasteiger partial charge in [0.05, 0.1) is 5.92 Å². The molecule has 1 aliphatic rings. The minimum atomic E-state index is -0.771. The number of urea groups is 1. The second-order valence-corrected chi connectivity index (χ2v) is 8.04. The fraction of sp³-hybridized carbons (Fsp3) is 0.333. The molecule has 0 bridgehead atoms. The van der Waals surface area contributed by atoms with E-state index in [4.69, 9.17) is 5.11 Å². The van der Waals surface area contributed by atoms with Crippen LogP contribution in [0.2, 0.25) is 0 Å². The molecule has 0 aliphatic carbocycles. The lowest BCUT2D eigenvalue weighted by Crippen LogP contribution is -2.42. The number of anilines is 1. The Morgan fingerprint density at radius 3 is 2.33 bits per heavy atom. The molecule has 6 heteroatoms. The van der Waals surface area contributed by atoms with Crippen LogP contribution in [0, 0.1) is 19.8 Å². The number of carboxylic acids is 1. The zero-order valence-electron chi connectivity index (χ0n) is 15.6. The first-order valence-electron chi connectivity index (χ1n) is 9.06. The van der Waals surface area contributed by atoms with Crippen LogP contribution in [0.1, 0.15) is 24.0 Å². The van der Waals surface area contributed by atoms with E-state index in [1.165, 1.54) is 16.0 Å². The van der Waals surface area contributed by atoms with Gasteiger partial charge in [-0.05, 0) is 62.6 Å². The lowest BCUT2D eigenvalue weighted by Gasteiger charge is -2.30. The number of hydrogen-bond donors (Lipinski definition) is 2. The van der Waals surface area contributed by atoms with Gasteiger partial charge in [-0.1, -0.05) is 29.5 Å². The van der Waals surface area contributed by atoms with E-state index in [-0.39, 0.29) is 11.9 Å². The number of hydrogen-bond acceptors (Lipinski definition) is 3. The summed E-state index contributed by atoms with van der Waals surface area (Å²) >= 11 is 1.70. The number of carbonyl (C=O) groups is 2. The summed E-state index contributed by atoms with van der Waals surface area (Å²) in [5, 5.41) is 11.9. The Morgan fingerprint density at radius 1 is 1.07 bits per heavy atom. The summed E-state index contributed by atoms with van der Waals surface area (Å²) in [4.78, 5) is 27.4. The molecule has 3 rings (SSSR count). The van der Waals surface area contributed by atoms with E-state index in [1.54, 1.807) is 16.7 Å². The average molecular weight is 385 g/mol. The predicted octanol–water partition coefficient (Wildman–Crippen LogP) is 4.78. The first kappa shape index (κ1) is 19.3. The molecule has 1 aliphatic heterocycles. The summed E-state index contributed by atoms with van der Waals surface area (Å²) < 4.78 is 0. The molecular formula is C21H24N2O3S. The zero-order valence-corrected chi connectivity index (χ0v) is 16.4. The highest BCUT2D eigenvalue weighted by Gasteiger charge is 2.26. The topological polar surface area (TPSA) is 69.6 Å². The van der Waals surface area contributed by atoms with E-state index in [0.29, 0.717) is 25.9 Å². The fourth-order valence-electron chi connectivity index (χ4n) is 3.18. The molecule has 1 fully saturated rings. The van der Waals surface area contributed by atoms with Gasteiger partial charge in [0.25, 0.3) is 0 Å². The minimum Gasteiger partial charge on any atom is -0.481 e. The number of nitrogens with one attached hydrogen (secondary N) is 1. The van der Waals surface area contributed by atoms with Crippen LogP contribution in [0.15, 0.2) is 52.3 Å². The Morgan fingerprint density at radius 2 is 1.74 bits per heavy atom. The number of carboxylic acid groups (broad SMARTS) is 1. The van der Waals surface area contributed by atoms with Crippen molar-refractivity contribution in [1.82, 2.24) is 4.90 Å². The van der Waals surface area contributed by atoms with E-state index >= 15 is 0 Å². The molecule has 0 atom stereocenters. The molecular weight excluding hydrogens is 360 g/mol. The molecule has 0 radical (unpaired) electrons. The van der Waals surface area contributed by atoms with Crippen LogP contribution in [0.25, 0.3) is 0 Å². The minimum absolute atomic E-state index is 0.173. The Bertz CT molecular complexity index is 828. The van der Waals surface area contributed by atoms with Gasteiger partial charge in [0.15, 0.2) is 0 Å². The van der Waals surface area contributed by atoms with Crippen molar-refractivity contribution in [3.8, 4) is 0 Å². The van der Waals surface area contributed by atoms with Crippen LogP contribution in [0.4, 0.5) is 10.5 Å². The second kappa shape index (κ2) is 8.48. The second-order valence-electron chi connectivity index (χ2n) is 6.93. The number of carbonyl (C=O) groups excluding carboxylic acids is 1. The molecule has 2 aromatic carbocycles. The van der Waals surface area contributed by atoms with Crippen molar-refractivity contribution in [2.45, 2.75) is 36.5 Å². The van der Waals surface area contributed by atoms with Gasteiger partial charge in [-0.2, -0.15) is 0 Å². The van der Waals surface area contributed by atoms with E-state index < -0.39 is 5.97 Å². The van der Waals surface area contributed by atoms with Crippen LogP contribution >= 0.6 is 11.8 Å². The molecule has 142 valence electrons. The first-order chi connectivity index (χ1) is 12.9. The quantitative estimate of drug-likeness (QED) is 0.796. The third kappa shape index (κ3) is 5.04. The molecule has 0 saturated carbocycles. The highest BCUT2D eigenvalue weighted by Crippen LogP contribution is 2.31. The number of likely N-dealkylation sites (tertiary alicyclic amines) is 1. The predicted molar refractivity (Wildman–Crippen MR) is 107 cm³/mol. The summed E-state index contributed by atoms with van der Waals surface area (Å²) in [6.45, 7) is 5.15. The fourth-order valence-corrected chi connectivity index (χ4v) is 4.06. The van der Waals surface area contributed by atoms with Gasteiger partial charge in [0.1, 0.15) is 0 Å². The lowest BCUT2D eigenvalue weighted by molar-refractivity contribution is -0.143. The molecule has 2 amide bonds. The highest BCUT2D eigenvalue weighted by atomic mass is 32.2. The Hall–Kier alpha value is -2.47. The molecule has 2 aromatic rings. The smallest absolute Gasteiger partial charge is 0.321 e. The zero-order chi connectivity index (χ0) is 19.4. The van der Waals surface area contributed by atoms with Crippen LogP contribution in [0.3, 0.4) is 0 Å². The van der Waals surface area contributed by atoms with Gasteiger partial charge in [0.2, 0.25) is 0 Å². The summed E-state index contributed by atoms with van der Waals surface area (Å²) in [6.07, 6.45) is 1.02. The number of piperidine rings is 1. The number of nitrogens with zero attached hydrogens (tertiary/aromatic N) is 1. The number of benzene rings is 2. The third-order valence-electron chi connectivity index (χ3n) is 4.80. The summed E-state index contributed by atoms with van der Waals surface area (Å²) in [5.41, 5.74) is 3.25. The average Bonchev–Trinajstić information content (AvgIpc) is 2.65. The number of amides is 2. The lowest BCUT2D eigenvalue weighted by atomic mass is 9.97. The Balaban J connectivity index is 1.56. The van der Waals surface area contributed by atoms with Crippen molar-refractivity contribution >= 4 is 29.4 Å². The van der Waals surface area contributed by atoms with Gasteiger partial charge >= 0.3 is 12.0 Å². The molecule has 27 heavy (non-hydrogen) atoms. The molecule has 1 saturated heterocycles. The molecule has 0 unspecified atom stereocenters. The van der Waals surface area contributed by atoms with E-state index in [9.17, 15) is 9.59 Å². The normalized spacial score (nSPS) is 14.8. The maximum Gasteiger partial charge on any atom is 0.321 e. The van der Waals surface area contributed by atoms with E-state index in [0.717, 1.165) is 10.6 Å². The van der Waals surface area contributed by atoms with Gasteiger partial charge in [-0.3, -0.25) is 4.79 Å². The third-order valence-corrected chi connectivity index (χ3v) is 5.98. The van der Waals surface area contributed by atoms with Gasteiger partial charge in [-0.25, -0.2) is 4.79 Å². The highest BCUT2D eigenvalue weighted by molar-refractivity contribution is 7.99. The monoisotopic (exact) mass is 384 g/mol. The number of aryl methyl sites for hydroxylation is 2. The standard InChI is InChI=1S/C21H24N2O3S/c1-14-3-8-19(15(2)13-14)27-18-6-4-17(5-7-18)22-21(26)23-11-9-16(10-12-23)20(24)25/h3-8,13,16H,9-12H2,1-2H3,(H,22,26)(H,24,25). The van der Waals surface area contributed by atoms with Crippen molar-refractivity contribution in [3.63, 3.8) is 0 Å². The van der Waals surface area contributed by atoms with Gasteiger partial charge in [-0.15, -0.1) is 0 Å².